The lowest BCUT2D eigenvalue weighted by molar-refractivity contribution is 0.450. The third-order valence-electron chi connectivity index (χ3n) is 3.86. The van der Waals surface area contributed by atoms with Gasteiger partial charge in [-0.25, -0.2) is 0 Å². The second kappa shape index (κ2) is 5.63. The van der Waals surface area contributed by atoms with Gasteiger partial charge in [-0.3, -0.25) is 4.98 Å². The van der Waals surface area contributed by atoms with E-state index < -0.39 is 0 Å². The van der Waals surface area contributed by atoms with Gasteiger partial charge in [-0.2, -0.15) is 0 Å². The molecule has 17 heavy (non-hydrogen) atoms. The highest BCUT2D eigenvalue weighted by molar-refractivity contribution is 5.21. The van der Waals surface area contributed by atoms with Crippen LogP contribution in [0.3, 0.4) is 0 Å². The van der Waals surface area contributed by atoms with Gasteiger partial charge in [0, 0.05) is 11.7 Å². The maximum atomic E-state index is 6.25. The molecule has 1 aliphatic rings. The van der Waals surface area contributed by atoms with E-state index in [0.29, 0.717) is 0 Å². The maximum absolute atomic E-state index is 6.25. The Kier molecular flexibility index (Phi) is 4.16. The van der Waals surface area contributed by atoms with Crippen molar-refractivity contribution in [3.63, 3.8) is 0 Å². The number of pyridine rings is 1. The van der Waals surface area contributed by atoms with Crippen molar-refractivity contribution in [3.8, 4) is 0 Å². The van der Waals surface area contributed by atoms with Crippen LogP contribution in [0.25, 0.3) is 0 Å². The molecule has 1 fully saturated rings. The lowest BCUT2D eigenvalue weighted by atomic mass is 9.97. The Labute approximate surface area is 105 Å². The molecule has 0 aliphatic heterocycles. The van der Waals surface area contributed by atoms with Crippen LogP contribution in [0.5, 0.6) is 0 Å². The molecule has 1 aromatic heterocycles. The first-order chi connectivity index (χ1) is 8.15. The third kappa shape index (κ3) is 3.53. The van der Waals surface area contributed by atoms with Crippen molar-refractivity contribution < 1.29 is 0 Å². The molecule has 1 unspecified atom stereocenters. The summed E-state index contributed by atoms with van der Waals surface area (Å²) >= 11 is 0. The first-order valence-corrected chi connectivity index (χ1v) is 6.86. The van der Waals surface area contributed by atoms with Gasteiger partial charge in [0.05, 0.1) is 5.69 Å². The Balaban J connectivity index is 1.91. The van der Waals surface area contributed by atoms with Crippen molar-refractivity contribution in [2.24, 2.45) is 11.7 Å². The highest BCUT2D eigenvalue weighted by Crippen LogP contribution is 2.30. The van der Waals surface area contributed by atoms with Crippen molar-refractivity contribution in [3.05, 3.63) is 29.1 Å². The second-order valence-electron chi connectivity index (χ2n) is 5.55. The van der Waals surface area contributed by atoms with Crippen molar-refractivity contribution in [1.82, 2.24) is 4.98 Å². The Bertz CT molecular complexity index is 347. The van der Waals surface area contributed by atoms with Gasteiger partial charge in [0.25, 0.3) is 0 Å². The fourth-order valence-corrected chi connectivity index (χ4v) is 2.92. The Morgan fingerprint density at radius 1 is 1.29 bits per heavy atom. The van der Waals surface area contributed by atoms with Crippen LogP contribution in [0.2, 0.25) is 0 Å². The first-order valence-electron chi connectivity index (χ1n) is 6.86. The molecule has 2 nitrogen and oxygen atoms in total. The summed E-state index contributed by atoms with van der Waals surface area (Å²) in [7, 11) is 0. The van der Waals surface area contributed by atoms with E-state index in [1.807, 2.05) is 6.92 Å². The van der Waals surface area contributed by atoms with E-state index in [4.69, 9.17) is 5.73 Å². The molecule has 0 amide bonds. The molecule has 0 bridgehead atoms. The van der Waals surface area contributed by atoms with Crippen LogP contribution >= 0.6 is 0 Å². The average Bonchev–Trinajstić information content (AvgIpc) is 2.77. The van der Waals surface area contributed by atoms with E-state index in [1.54, 1.807) is 0 Å². The Morgan fingerprint density at radius 3 is 2.65 bits per heavy atom. The summed E-state index contributed by atoms with van der Waals surface area (Å²) < 4.78 is 0. The topological polar surface area (TPSA) is 38.9 Å². The van der Waals surface area contributed by atoms with Gasteiger partial charge in [-0.1, -0.05) is 25.7 Å². The summed E-state index contributed by atoms with van der Waals surface area (Å²) in [5.74, 6) is 0.923. The zero-order chi connectivity index (χ0) is 12.3. The third-order valence-corrected chi connectivity index (χ3v) is 3.86. The van der Waals surface area contributed by atoms with E-state index in [1.165, 1.54) is 37.7 Å². The Morgan fingerprint density at radius 2 is 2.00 bits per heavy atom. The molecular formula is C15H24N2. The molecule has 1 heterocycles. The standard InChI is InChI=1S/C15H24N2/c1-11-9-12(2)17-15(10-11)14(16)8-7-13-5-3-4-6-13/h9-10,13-14H,3-8,16H2,1-2H3. The van der Waals surface area contributed by atoms with Crippen LogP contribution in [0.1, 0.15) is 61.5 Å². The SMILES string of the molecule is Cc1cc(C)nc(C(N)CCC2CCCC2)c1. The lowest BCUT2D eigenvalue weighted by Gasteiger charge is -2.15. The normalized spacial score (nSPS) is 18.5. The zero-order valence-electron chi connectivity index (χ0n) is 11.1. The summed E-state index contributed by atoms with van der Waals surface area (Å²) in [6.45, 7) is 4.15. The smallest absolute Gasteiger partial charge is 0.0576 e. The molecule has 0 radical (unpaired) electrons. The van der Waals surface area contributed by atoms with Gasteiger partial charge < -0.3 is 5.73 Å². The molecular weight excluding hydrogens is 208 g/mol. The number of nitrogens with two attached hydrogens (primary N) is 1. The zero-order valence-corrected chi connectivity index (χ0v) is 11.1. The lowest BCUT2D eigenvalue weighted by Crippen LogP contribution is -2.14. The molecule has 1 aliphatic carbocycles. The van der Waals surface area contributed by atoms with E-state index in [2.05, 4.69) is 24.0 Å². The van der Waals surface area contributed by atoms with Crippen LogP contribution in [0.4, 0.5) is 0 Å². The summed E-state index contributed by atoms with van der Waals surface area (Å²) in [4.78, 5) is 4.55. The fraction of sp³-hybridized carbons (Fsp3) is 0.667. The van der Waals surface area contributed by atoms with Crippen LogP contribution in [-0.4, -0.2) is 4.98 Å². The largest absolute Gasteiger partial charge is 0.323 e. The number of nitrogens with zero attached hydrogens (tertiary/aromatic N) is 1. The highest BCUT2D eigenvalue weighted by atomic mass is 14.8. The van der Waals surface area contributed by atoms with Gasteiger partial charge in [0.15, 0.2) is 0 Å². The van der Waals surface area contributed by atoms with Gasteiger partial charge >= 0.3 is 0 Å². The minimum absolute atomic E-state index is 0.120. The summed E-state index contributed by atoms with van der Waals surface area (Å²) in [6.07, 6.45) is 8.01. The summed E-state index contributed by atoms with van der Waals surface area (Å²) in [5, 5.41) is 0. The van der Waals surface area contributed by atoms with E-state index in [9.17, 15) is 0 Å². The monoisotopic (exact) mass is 232 g/mol. The molecule has 1 saturated carbocycles. The van der Waals surface area contributed by atoms with E-state index in [-0.39, 0.29) is 6.04 Å². The quantitative estimate of drug-likeness (QED) is 0.860. The van der Waals surface area contributed by atoms with Crippen LogP contribution in [0.15, 0.2) is 12.1 Å². The summed E-state index contributed by atoms with van der Waals surface area (Å²) in [5.41, 5.74) is 9.67. The molecule has 94 valence electrons. The van der Waals surface area contributed by atoms with E-state index in [0.717, 1.165) is 23.7 Å². The van der Waals surface area contributed by atoms with Crippen molar-refractivity contribution in [2.75, 3.05) is 0 Å². The van der Waals surface area contributed by atoms with Crippen LogP contribution in [0, 0.1) is 19.8 Å². The fourth-order valence-electron chi connectivity index (χ4n) is 2.92. The number of hydrogen-bond acceptors (Lipinski definition) is 2. The number of aromatic nitrogens is 1. The Hall–Kier alpha value is -0.890. The number of aryl methyl sites for hydroxylation is 2. The molecule has 1 aromatic rings. The van der Waals surface area contributed by atoms with Crippen molar-refractivity contribution in [2.45, 2.75) is 58.4 Å². The minimum atomic E-state index is 0.120. The highest BCUT2D eigenvalue weighted by Gasteiger charge is 2.17. The predicted octanol–water partition coefficient (Wildman–Crippen LogP) is 3.67. The van der Waals surface area contributed by atoms with Crippen LogP contribution in [-0.2, 0) is 0 Å². The van der Waals surface area contributed by atoms with Gasteiger partial charge in [-0.05, 0) is 50.3 Å². The van der Waals surface area contributed by atoms with Gasteiger partial charge in [0.1, 0.15) is 0 Å². The molecule has 2 N–H and O–H groups in total. The predicted molar refractivity (Wildman–Crippen MR) is 71.8 cm³/mol. The molecule has 2 heteroatoms. The minimum Gasteiger partial charge on any atom is -0.323 e. The summed E-state index contributed by atoms with van der Waals surface area (Å²) in [6, 6.07) is 4.36. The molecule has 1 atom stereocenters. The van der Waals surface area contributed by atoms with Gasteiger partial charge in [0.2, 0.25) is 0 Å². The van der Waals surface area contributed by atoms with E-state index >= 15 is 0 Å². The molecule has 0 spiro atoms. The molecule has 0 aromatic carbocycles. The maximum Gasteiger partial charge on any atom is 0.0576 e. The van der Waals surface area contributed by atoms with Crippen molar-refractivity contribution >= 4 is 0 Å². The first kappa shape index (κ1) is 12.6. The second-order valence-corrected chi connectivity index (χ2v) is 5.55. The van der Waals surface area contributed by atoms with Crippen LogP contribution < -0.4 is 5.73 Å². The number of rotatable bonds is 4. The molecule has 0 saturated heterocycles. The van der Waals surface area contributed by atoms with Crippen molar-refractivity contribution in [1.29, 1.82) is 0 Å². The number of hydrogen-bond donors (Lipinski definition) is 1. The average molecular weight is 232 g/mol. The van der Waals surface area contributed by atoms with Gasteiger partial charge in [-0.15, -0.1) is 0 Å². The molecule has 2 rings (SSSR count).